The van der Waals surface area contributed by atoms with Gasteiger partial charge < -0.3 is 10.6 Å². The Kier molecular flexibility index (Phi) is 6.97. The molecule has 2 rings (SSSR count). The van der Waals surface area contributed by atoms with Crippen molar-refractivity contribution in [2.45, 2.75) is 39.0 Å². The van der Waals surface area contributed by atoms with Gasteiger partial charge in [0.1, 0.15) is 5.15 Å². The molecule has 1 aromatic rings. The number of hydrogen-bond acceptors (Lipinski definition) is 2. The highest BCUT2D eigenvalue weighted by Gasteiger charge is 2.18. The molecule has 0 bridgehead atoms. The molecule has 0 spiro atoms. The Morgan fingerprint density at radius 3 is 2.91 bits per heavy atom. The van der Waals surface area contributed by atoms with Gasteiger partial charge in [-0.15, -0.1) is 0 Å². The fourth-order valence-electron chi connectivity index (χ4n) is 3.09. The molecule has 4 nitrogen and oxygen atoms in total. The zero-order valence-electron chi connectivity index (χ0n) is 13.6. The summed E-state index contributed by atoms with van der Waals surface area (Å²) in [6.07, 6.45) is 8.15. The number of aromatic nitrogens is 1. The molecular formula is C17H27ClN4. The molecule has 1 heterocycles. The molecular weight excluding hydrogens is 296 g/mol. The first-order chi connectivity index (χ1) is 10.7. The van der Waals surface area contributed by atoms with Gasteiger partial charge in [-0.25, -0.2) is 4.98 Å². The zero-order valence-corrected chi connectivity index (χ0v) is 14.4. The summed E-state index contributed by atoms with van der Waals surface area (Å²) in [5.41, 5.74) is 1.17. The van der Waals surface area contributed by atoms with Crippen LogP contribution in [0.25, 0.3) is 0 Å². The molecule has 5 heteroatoms. The number of guanidine groups is 1. The Labute approximate surface area is 138 Å². The van der Waals surface area contributed by atoms with Crippen molar-refractivity contribution in [1.29, 1.82) is 0 Å². The third-order valence-electron chi connectivity index (χ3n) is 4.32. The normalized spacial score (nSPS) is 22.4. The first-order valence-electron chi connectivity index (χ1n) is 8.22. The van der Waals surface area contributed by atoms with Gasteiger partial charge in [-0.05, 0) is 42.7 Å². The summed E-state index contributed by atoms with van der Waals surface area (Å²) in [6, 6.07) is 3.84. The number of aliphatic imine (C=N–C) groups is 1. The first-order valence-corrected chi connectivity index (χ1v) is 8.60. The van der Waals surface area contributed by atoms with Gasteiger partial charge in [-0.1, -0.05) is 37.4 Å². The second-order valence-corrected chi connectivity index (χ2v) is 6.64. The van der Waals surface area contributed by atoms with Gasteiger partial charge in [0.15, 0.2) is 5.96 Å². The van der Waals surface area contributed by atoms with Crippen molar-refractivity contribution in [3.63, 3.8) is 0 Å². The standard InChI is InChI=1S/C17H27ClN4/c1-13-4-3-5-15(10-13)12-22-17(19-2)20-9-8-14-6-7-16(18)21-11-14/h6-7,11,13,15H,3-5,8-10,12H2,1-2H3,(H2,19,20,22). The van der Waals surface area contributed by atoms with Crippen LogP contribution in [0, 0.1) is 11.8 Å². The summed E-state index contributed by atoms with van der Waals surface area (Å²) in [4.78, 5) is 8.39. The number of halogens is 1. The number of nitrogens with one attached hydrogen (secondary N) is 2. The quantitative estimate of drug-likeness (QED) is 0.497. The lowest BCUT2D eigenvalue weighted by molar-refractivity contribution is 0.282. The van der Waals surface area contributed by atoms with E-state index < -0.39 is 0 Å². The maximum Gasteiger partial charge on any atom is 0.190 e. The van der Waals surface area contributed by atoms with E-state index in [0.29, 0.717) is 5.15 Å². The highest BCUT2D eigenvalue weighted by Crippen LogP contribution is 2.27. The maximum atomic E-state index is 5.79. The van der Waals surface area contributed by atoms with Crippen LogP contribution in [0.3, 0.4) is 0 Å². The topological polar surface area (TPSA) is 49.3 Å². The number of rotatable bonds is 5. The monoisotopic (exact) mass is 322 g/mol. The van der Waals surface area contributed by atoms with Gasteiger partial charge >= 0.3 is 0 Å². The van der Waals surface area contributed by atoms with Crippen LogP contribution in [0.2, 0.25) is 5.15 Å². The number of pyridine rings is 1. The SMILES string of the molecule is CN=C(NCCc1ccc(Cl)nc1)NCC1CCCC(C)C1. The molecule has 0 radical (unpaired) electrons. The fraction of sp³-hybridized carbons (Fsp3) is 0.647. The summed E-state index contributed by atoms with van der Waals surface area (Å²) < 4.78 is 0. The summed E-state index contributed by atoms with van der Waals surface area (Å²) in [6.45, 7) is 4.22. The third-order valence-corrected chi connectivity index (χ3v) is 4.55. The van der Waals surface area contributed by atoms with Crippen LogP contribution < -0.4 is 10.6 Å². The molecule has 1 aromatic heterocycles. The molecule has 0 aromatic carbocycles. The molecule has 0 saturated heterocycles. The highest BCUT2D eigenvalue weighted by molar-refractivity contribution is 6.29. The van der Waals surface area contributed by atoms with Crippen molar-refractivity contribution in [3.05, 3.63) is 29.0 Å². The maximum absolute atomic E-state index is 5.79. The van der Waals surface area contributed by atoms with E-state index >= 15 is 0 Å². The molecule has 122 valence electrons. The van der Waals surface area contributed by atoms with Crippen LogP contribution in [0.1, 0.15) is 38.2 Å². The summed E-state index contributed by atoms with van der Waals surface area (Å²) in [5.74, 6) is 2.54. The van der Waals surface area contributed by atoms with E-state index in [2.05, 4.69) is 27.5 Å². The Morgan fingerprint density at radius 1 is 1.36 bits per heavy atom. The van der Waals surface area contributed by atoms with Gasteiger partial charge in [0.25, 0.3) is 0 Å². The number of nitrogens with zero attached hydrogens (tertiary/aromatic N) is 2. The van der Waals surface area contributed by atoms with Crippen molar-refractivity contribution in [3.8, 4) is 0 Å². The van der Waals surface area contributed by atoms with Gasteiger partial charge in [0, 0.05) is 26.3 Å². The Balaban J connectivity index is 1.67. The van der Waals surface area contributed by atoms with Gasteiger partial charge in [0.05, 0.1) is 0 Å². The average molecular weight is 323 g/mol. The highest BCUT2D eigenvalue weighted by atomic mass is 35.5. The second kappa shape index (κ2) is 8.99. The first kappa shape index (κ1) is 17.1. The molecule has 1 aliphatic carbocycles. The van der Waals surface area contributed by atoms with Crippen LogP contribution in [0.15, 0.2) is 23.3 Å². The predicted molar refractivity (Wildman–Crippen MR) is 93.4 cm³/mol. The largest absolute Gasteiger partial charge is 0.356 e. The average Bonchev–Trinajstić information content (AvgIpc) is 2.52. The van der Waals surface area contributed by atoms with Gasteiger partial charge in [-0.3, -0.25) is 4.99 Å². The van der Waals surface area contributed by atoms with Crippen molar-refractivity contribution in [1.82, 2.24) is 15.6 Å². The van der Waals surface area contributed by atoms with Gasteiger partial charge in [0.2, 0.25) is 0 Å². The third kappa shape index (κ3) is 5.84. The van der Waals surface area contributed by atoms with Crippen LogP contribution in [0.4, 0.5) is 0 Å². The van der Waals surface area contributed by atoms with E-state index in [-0.39, 0.29) is 0 Å². The van der Waals surface area contributed by atoms with Gasteiger partial charge in [-0.2, -0.15) is 0 Å². The Hall–Kier alpha value is -1.29. The lowest BCUT2D eigenvalue weighted by atomic mass is 9.82. The summed E-state index contributed by atoms with van der Waals surface area (Å²) >= 11 is 5.79. The van der Waals surface area contributed by atoms with Crippen LogP contribution >= 0.6 is 11.6 Å². The fourth-order valence-corrected chi connectivity index (χ4v) is 3.20. The molecule has 2 unspecified atom stereocenters. The van der Waals surface area contributed by atoms with E-state index in [4.69, 9.17) is 11.6 Å². The molecule has 2 atom stereocenters. The van der Waals surface area contributed by atoms with E-state index in [1.165, 1.54) is 31.2 Å². The summed E-state index contributed by atoms with van der Waals surface area (Å²) in [7, 11) is 1.82. The van der Waals surface area contributed by atoms with Crippen molar-refractivity contribution < 1.29 is 0 Å². The predicted octanol–water partition coefficient (Wildman–Crippen LogP) is 3.27. The Morgan fingerprint density at radius 2 is 2.23 bits per heavy atom. The van der Waals surface area contributed by atoms with Crippen LogP contribution in [-0.4, -0.2) is 31.1 Å². The van der Waals surface area contributed by atoms with E-state index in [1.54, 1.807) is 0 Å². The van der Waals surface area contributed by atoms with Crippen LogP contribution in [-0.2, 0) is 6.42 Å². The molecule has 22 heavy (non-hydrogen) atoms. The second-order valence-electron chi connectivity index (χ2n) is 6.26. The van der Waals surface area contributed by atoms with E-state index in [9.17, 15) is 0 Å². The van der Waals surface area contributed by atoms with Crippen molar-refractivity contribution in [2.24, 2.45) is 16.8 Å². The molecule has 0 amide bonds. The zero-order chi connectivity index (χ0) is 15.8. The van der Waals surface area contributed by atoms with E-state index in [1.807, 2.05) is 25.4 Å². The Bertz CT molecular complexity index is 472. The minimum atomic E-state index is 0.538. The smallest absolute Gasteiger partial charge is 0.190 e. The van der Waals surface area contributed by atoms with Crippen molar-refractivity contribution in [2.75, 3.05) is 20.1 Å². The number of hydrogen-bond donors (Lipinski definition) is 2. The lowest BCUT2D eigenvalue weighted by Crippen LogP contribution is -2.41. The lowest BCUT2D eigenvalue weighted by Gasteiger charge is -2.27. The van der Waals surface area contributed by atoms with Crippen LogP contribution in [0.5, 0.6) is 0 Å². The molecule has 1 aliphatic rings. The minimum Gasteiger partial charge on any atom is -0.356 e. The minimum absolute atomic E-state index is 0.538. The summed E-state index contributed by atoms with van der Waals surface area (Å²) in [5, 5.41) is 7.36. The molecule has 2 N–H and O–H groups in total. The van der Waals surface area contributed by atoms with Crippen molar-refractivity contribution >= 4 is 17.6 Å². The molecule has 1 fully saturated rings. The van der Waals surface area contributed by atoms with E-state index in [0.717, 1.165) is 37.3 Å². The molecule has 0 aliphatic heterocycles. The molecule has 1 saturated carbocycles.